The van der Waals surface area contributed by atoms with Crippen LogP contribution in [0.3, 0.4) is 0 Å². The molecule has 1 heteroatoms. The van der Waals surface area contributed by atoms with Gasteiger partial charge in [-0.3, -0.25) is 0 Å². The molecule has 1 nitrogen and oxygen atoms in total. The zero-order chi connectivity index (χ0) is 35.2. The Balaban J connectivity index is 4.56. The van der Waals surface area contributed by atoms with Crippen molar-refractivity contribution in [1.82, 2.24) is 0 Å². The molecule has 0 aromatic rings. The van der Waals surface area contributed by atoms with E-state index in [1.165, 1.54) is 0 Å². The van der Waals surface area contributed by atoms with Crippen LogP contribution < -0.4 is 0 Å². The molecule has 0 aliphatic carbocycles. The van der Waals surface area contributed by atoms with Crippen molar-refractivity contribution in [3.63, 3.8) is 0 Å². The van der Waals surface area contributed by atoms with Gasteiger partial charge >= 0.3 is 0 Å². The maximum Gasteiger partial charge on any atom is 0.153 e. The summed E-state index contributed by atoms with van der Waals surface area (Å²) in [4.78, 5) is 0. The van der Waals surface area contributed by atoms with Crippen LogP contribution >= 0.6 is 0 Å². The number of hydrogen-bond acceptors (Lipinski definition) is 1. The molecule has 0 aromatic carbocycles. The Bertz CT molecular complexity index is 2960. The van der Waals surface area contributed by atoms with Crippen LogP contribution in [0.25, 0.3) is 0 Å². The number of nitrogens with zero attached hydrogens (tertiary/aromatic N) is 1. The fourth-order valence-corrected chi connectivity index (χ4v) is 1.43. The van der Waals surface area contributed by atoms with E-state index in [9.17, 15) is 0 Å². The monoisotopic (exact) mass is 593 g/mol. The van der Waals surface area contributed by atoms with E-state index >= 15 is 0 Å². The summed E-state index contributed by atoms with van der Waals surface area (Å²) in [6, 6.07) is 1.63. The SMILES string of the molecule is CC#CC#CC#CC#CC#CC#CC#CC#CC#CC#CC#CC#CC#CC#CC#CC#CC#CC#CC#CC#CC#CC#CC#CC#N. The molecule has 0 aromatic heterocycles. The van der Waals surface area contributed by atoms with Crippen LogP contribution in [0.15, 0.2) is 0 Å². The number of hydrogen-bond donors (Lipinski definition) is 0. The second-order valence-corrected chi connectivity index (χ2v) is 5.99. The van der Waals surface area contributed by atoms with E-state index in [4.69, 9.17) is 5.26 Å². The quantitative estimate of drug-likeness (QED) is 0.378. The van der Waals surface area contributed by atoms with Crippen LogP contribution in [-0.2, 0) is 0 Å². The zero-order valence-corrected chi connectivity index (χ0v) is 24.9. The standard InChI is InChI=1S/C48H3N/c1-2-3-4-5-6-7-8-9-10-11-12-13-14-15-16-17-18-19-20-21-22-23-24-25-26-27-28-29-30-31-32-33-34-35-36-37-38-39-40-41-42-43-44-45-46-47-48-49/h1H3. The Hall–Kier alpha value is -10.6. The Morgan fingerprint density at radius 3 is 0.367 bits per heavy atom. The van der Waals surface area contributed by atoms with Crippen LogP contribution in [0, 0.1) is 284 Å². The highest BCUT2D eigenvalue weighted by molar-refractivity contribution is 5.50. The molecule has 49 heavy (non-hydrogen) atoms. The molecular formula is C48H3N. The van der Waals surface area contributed by atoms with Gasteiger partial charge in [-0.25, -0.2) is 0 Å². The summed E-state index contributed by atoms with van der Waals surface area (Å²) < 4.78 is 0. The Kier molecular flexibility index (Phi) is 29.3. The number of nitriles is 1. The minimum atomic E-state index is 1.63. The van der Waals surface area contributed by atoms with Gasteiger partial charge in [-0.1, -0.05) is 5.92 Å². The third-order valence-corrected chi connectivity index (χ3v) is 2.93. The van der Waals surface area contributed by atoms with Gasteiger partial charge in [0, 0.05) is 219 Å². The molecule has 0 N–H and O–H groups in total. The van der Waals surface area contributed by atoms with Crippen molar-refractivity contribution in [2.75, 3.05) is 0 Å². The van der Waals surface area contributed by atoms with Crippen LogP contribution in [0.1, 0.15) is 6.92 Å². The molecule has 0 spiro atoms. The van der Waals surface area contributed by atoms with Gasteiger partial charge in [0.2, 0.25) is 0 Å². The lowest BCUT2D eigenvalue weighted by Gasteiger charge is -1.57. The van der Waals surface area contributed by atoms with Gasteiger partial charge < -0.3 is 0 Å². The second-order valence-electron chi connectivity index (χ2n) is 5.99. The average Bonchev–Trinajstić information content (AvgIpc) is 3.11. The van der Waals surface area contributed by atoms with Crippen molar-refractivity contribution in [3.05, 3.63) is 0 Å². The van der Waals surface area contributed by atoms with Crippen molar-refractivity contribution in [3.8, 4) is 278 Å². The summed E-state index contributed by atoms with van der Waals surface area (Å²) in [6.45, 7) is 1.69. The average molecular weight is 594 g/mol. The van der Waals surface area contributed by atoms with E-state index in [1.54, 1.807) is 13.0 Å². The molecule has 0 saturated heterocycles. The lowest BCUT2D eigenvalue weighted by molar-refractivity contribution is 1.55. The first-order valence-electron chi connectivity index (χ1n) is 12.2. The molecular weight excluding hydrogens is 591 g/mol. The summed E-state index contributed by atoms with van der Waals surface area (Å²) in [6.07, 6.45) is 0. The highest BCUT2D eigenvalue weighted by Gasteiger charge is 1.62. The molecule has 0 rings (SSSR count). The predicted molar refractivity (Wildman–Crippen MR) is 190 cm³/mol. The van der Waals surface area contributed by atoms with Gasteiger partial charge in [0.25, 0.3) is 0 Å². The summed E-state index contributed by atoms with van der Waals surface area (Å²) in [7, 11) is 0. The Morgan fingerprint density at radius 2 is 0.265 bits per heavy atom. The molecule has 0 amide bonds. The third kappa shape index (κ3) is 37.4. The van der Waals surface area contributed by atoms with Crippen molar-refractivity contribution in [2.45, 2.75) is 6.92 Å². The van der Waals surface area contributed by atoms with Crippen molar-refractivity contribution in [2.24, 2.45) is 0 Å². The maximum absolute atomic E-state index is 8.19. The van der Waals surface area contributed by atoms with Gasteiger partial charge in [-0.15, -0.1) is 0 Å². The summed E-state index contributed by atoms with van der Waals surface area (Å²) in [5.41, 5.74) is 0. The zero-order valence-electron chi connectivity index (χ0n) is 24.9. The van der Waals surface area contributed by atoms with E-state index in [-0.39, 0.29) is 0 Å². The van der Waals surface area contributed by atoms with Crippen LogP contribution in [0.4, 0.5) is 0 Å². The molecule has 0 atom stereocenters. The van der Waals surface area contributed by atoms with E-state index in [2.05, 4.69) is 272 Å². The largest absolute Gasteiger partial charge is 0.183 e. The number of rotatable bonds is 0. The Labute approximate surface area is 289 Å². The normalized spacial score (nSPS) is 3.92. The molecule has 200 valence electrons. The van der Waals surface area contributed by atoms with Gasteiger partial charge in [-0.05, 0) is 54.3 Å². The van der Waals surface area contributed by atoms with Crippen molar-refractivity contribution < 1.29 is 0 Å². The minimum Gasteiger partial charge on any atom is -0.183 e. The topological polar surface area (TPSA) is 23.8 Å². The highest BCUT2D eigenvalue weighted by atomic mass is 14.2. The Morgan fingerprint density at radius 1 is 0.163 bits per heavy atom. The first-order valence-corrected chi connectivity index (χ1v) is 12.2. The smallest absolute Gasteiger partial charge is 0.153 e. The summed E-state index contributed by atoms with van der Waals surface area (Å²) in [5, 5.41) is 8.19. The van der Waals surface area contributed by atoms with E-state index in [1.807, 2.05) is 0 Å². The van der Waals surface area contributed by atoms with Crippen LogP contribution in [0.5, 0.6) is 0 Å². The predicted octanol–water partition coefficient (Wildman–Crippen LogP) is 0.608. The molecule has 0 heterocycles. The van der Waals surface area contributed by atoms with Gasteiger partial charge in [0.1, 0.15) is 0 Å². The fourth-order valence-electron chi connectivity index (χ4n) is 1.43. The molecule has 0 fully saturated rings. The lowest BCUT2D eigenvalue weighted by Crippen LogP contribution is -1.57. The first-order chi connectivity index (χ1) is 24.4. The van der Waals surface area contributed by atoms with Gasteiger partial charge in [-0.2, -0.15) is 5.26 Å². The molecule has 0 radical (unpaired) electrons. The molecule has 0 bridgehead atoms. The van der Waals surface area contributed by atoms with Crippen LogP contribution in [-0.4, -0.2) is 0 Å². The highest BCUT2D eigenvalue weighted by Crippen LogP contribution is 1.62. The van der Waals surface area contributed by atoms with Crippen molar-refractivity contribution >= 4 is 0 Å². The molecule has 0 saturated carbocycles. The molecule has 0 unspecified atom stereocenters. The van der Waals surface area contributed by atoms with E-state index in [0.29, 0.717) is 0 Å². The third-order valence-electron chi connectivity index (χ3n) is 2.93. The maximum atomic E-state index is 8.19. The van der Waals surface area contributed by atoms with E-state index < -0.39 is 0 Å². The van der Waals surface area contributed by atoms with Crippen molar-refractivity contribution in [1.29, 1.82) is 5.26 Å². The molecule has 0 aliphatic rings. The minimum absolute atomic E-state index is 1.63. The van der Waals surface area contributed by atoms with Gasteiger partial charge in [0.15, 0.2) is 6.07 Å². The lowest BCUT2D eigenvalue weighted by atomic mass is 10.4. The van der Waals surface area contributed by atoms with E-state index in [0.717, 1.165) is 0 Å². The fraction of sp³-hybridized carbons (Fsp3) is 0.0208. The van der Waals surface area contributed by atoms with Crippen LogP contribution in [0.2, 0.25) is 0 Å². The first kappa shape index (κ1) is 38.4. The summed E-state index contributed by atoms with van der Waals surface area (Å²) in [5.74, 6) is 114. The second kappa shape index (κ2) is 37.4. The molecule has 0 aliphatic heterocycles. The van der Waals surface area contributed by atoms with Gasteiger partial charge in [0.05, 0.1) is 0 Å². The summed E-state index contributed by atoms with van der Waals surface area (Å²) >= 11 is 0.